The molecule has 0 saturated heterocycles. The lowest BCUT2D eigenvalue weighted by Crippen LogP contribution is -2.17. The van der Waals surface area contributed by atoms with E-state index in [2.05, 4.69) is 20.7 Å². The zero-order valence-electron chi connectivity index (χ0n) is 10.5. The minimum Gasteiger partial charge on any atom is -0.485 e. The predicted octanol–water partition coefficient (Wildman–Crippen LogP) is 5.07. The Morgan fingerprint density at radius 2 is 1.67 bits per heavy atom. The molecule has 2 nitrogen and oxygen atoms in total. The molecule has 0 saturated carbocycles. The Morgan fingerprint density at radius 3 is 2.29 bits per heavy atom. The molecule has 0 amide bonds. The van der Waals surface area contributed by atoms with Gasteiger partial charge in [-0.1, -0.05) is 18.2 Å². The third-order valence-corrected chi connectivity index (χ3v) is 3.06. The fourth-order valence-corrected chi connectivity index (χ4v) is 2.00. The van der Waals surface area contributed by atoms with Crippen molar-refractivity contribution in [2.75, 3.05) is 0 Å². The predicted molar refractivity (Wildman–Crippen MR) is 71.6 cm³/mol. The average molecular weight is 365 g/mol. The summed E-state index contributed by atoms with van der Waals surface area (Å²) >= 11 is 3.02. The Bertz CT molecular complexity index is 629. The van der Waals surface area contributed by atoms with Gasteiger partial charge in [-0.25, -0.2) is 4.39 Å². The normalized spacial score (nSPS) is 11.3. The number of rotatable bonds is 4. The van der Waals surface area contributed by atoms with E-state index in [1.165, 1.54) is 36.4 Å². The van der Waals surface area contributed by atoms with E-state index in [1.54, 1.807) is 0 Å². The van der Waals surface area contributed by atoms with E-state index in [4.69, 9.17) is 4.74 Å². The molecule has 21 heavy (non-hydrogen) atoms. The molecule has 0 heterocycles. The lowest BCUT2D eigenvalue weighted by atomic mass is 10.2. The zero-order valence-corrected chi connectivity index (χ0v) is 12.0. The van der Waals surface area contributed by atoms with E-state index in [0.717, 1.165) is 6.07 Å². The number of ether oxygens (including phenoxy) is 2. The van der Waals surface area contributed by atoms with E-state index < -0.39 is 17.9 Å². The summed E-state index contributed by atoms with van der Waals surface area (Å²) in [5.41, 5.74) is 0.602. The first-order chi connectivity index (χ1) is 9.85. The molecule has 0 aliphatic heterocycles. The van der Waals surface area contributed by atoms with Crippen LogP contribution in [0.1, 0.15) is 5.56 Å². The SMILES string of the molecule is Fc1ccc(COc2ccccc2OC(F)(F)F)cc1Br. The second-order valence-electron chi connectivity index (χ2n) is 4.03. The molecule has 0 radical (unpaired) electrons. The summed E-state index contributed by atoms with van der Waals surface area (Å²) in [5, 5.41) is 0. The van der Waals surface area contributed by atoms with Gasteiger partial charge < -0.3 is 9.47 Å². The highest BCUT2D eigenvalue weighted by Crippen LogP contribution is 2.32. The molecule has 0 fully saturated rings. The van der Waals surface area contributed by atoms with Crippen LogP contribution in [0.25, 0.3) is 0 Å². The Morgan fingerprint density at radius 1 is 1.00 bits per heavy atom. The van der Waals surface area contributed by atoms with Crippen molar-refractivity contribution in [3.8, 4) is 11.5 Å². The molecule has 7 heteroatoms. The van der Waals surface area contributed by atoms with Gasteiger partial charge in [0.25, 0.3) is 0 Å². The molecule has 2 aromatic carbocycles. The summed E-state index contributed by atoms with van der Waals surface area (Å²) in [6.45, 7) is -0.0168. The molecule has 0 aliphatic rings. The van der Waals surface area contributed by atoms with Crippen molar-refractivity contribution >= 4 is 15.9 Å². The Balaban J connectivity index is 2.11. The van der Waals surface area contributed by atoms with Crippen molar-refractivity contribution in [1.29, 1.82) is 0 Å². The summed E-state index contributed by atoms with van der Waals surface area (Å²) < 4.78 is 59.3. The molecule has 2 aromatic rings. The van der Waals surface area contributed by atoms with Crippen molar-refractivity contribution in [1.82, 2.24) is 0 Å². The van der Waals surface area contributed by atoms with Crippen LogP contribution in [-0.4, -0.2) is 6.36 Å². The van der Waals surface area contributed by atoms with Crippen molar-refractivity contribution < 1.29 is 27.0 Å². The van der Waals surface area contributed by atoms with Crippen LogP contribution in [0.2, 0.25) is 0 Å². The first-order valence-corrected chi connectivity index (χ1v) is 6.56. The molecule has 0 unspecified atom stereocenters. The summed E-state index contributed by atoms with van der Waals surface area (Å²) in [6, 6.07) is 9.65. The van der Waals surface area contributed by atoms with Crippen LogP contribution in [0, 0.1) is 5.82 Å². The molecule has 0 aliphatic carbocycles. The van der Waals surface area contributed by atoms with E-state index in [0.29, 0.717) is 5.56 Å². The van der Waals surface area contributed by atoms with Gasteiger partial charge in [-0.15, -0.1) is 13.2 Å². The minimum atomic E-state index is -4.79. The maximum atomic E-state index is 13.1. The largest absolute Gasteiger partial charge is 0.573 e. The van der Waals surface area contributed by atoms with Crippen LogP contribution >= 0.6 is 15.9 Å². The lowest BCUT2D eigenvalue weighted by molar-refractivity contribution is -0.275. The number of alkyl halides is 3. The first-order valence-electron chi connectivity index (χ1n) is 5.76. The Kier molecular flexibility index (Phi) is 4.72. The maximum Gasteiger partial charge on any atom is 0.573 e. The van der Waals surface area contributed by atoms with E-state index in [-0.39, 0.29) is 16.8 Å². The first kappa shape index (κ1) is 15.6. The molecule has 0 atom stereocenters. The lowest BCUT2D eigenvalue weighted by Gasteiger charge is -2.14. The number of hydrogen-bond acceptors (Lipinski definition) is 2. The summed E-state index contributed by atoms with van der Waals surface area (Å²) in [6.07, 6.45) is -4.79. The molecule has 0 N–H and O–H groups in total. The minimum absolute atomic E-state index is 0.0168. The highest BCUT2D eigenvalue weighted by Gasteiger charge is 2.32. The second kappa shape index (κ2) is 6.34. The van der Waals surface area contributed by atoms with Gasteiger partial charge in [-0.2, -0.15) is 0 Å². The highest BCUT2D eigenvalue weighted by molar-refractivity contribution is 9.10. The Hall–Kier alpha value is -1.76. The standard InChI is InChI=1S/C14H9BrF4O2/c15-10-7-9(5-6-11(10)16)8-20-12-3-1-2-4-13(12)21-14(17,18)19/h1-7H,8H2. The highest BCUT2D eigenvalue weighted by atomic mass is 79.9. The van der Waals surface area contributed by atoms with Crippen LogP contribution in [-0.2, 0) is 6.61 Å². The third-order valence-electron chi connectivity index (χ3n) is 2.45. The molecule has 0 bridgehead atoms. The number of hydrogen-bond donors (Lipinski definition) is 0. The van der Waals surface area contributed by atoms with Crippen molar-refractivity contribution in [2.24, 2.45) is 0 Å². The number of benzene rings is 2. The van der Waals surface area contributed by atoms with Crippen molar-refractivity contribution in [2.45, 2.75) is 13.0 Å². The number of halogens is 5. The van der Waals surface area contributed by atoms with Crippen LogP contribution in [0.15, 0.2) is 46.9 Å². The van der Waals surface area contributed by atoms with Gasteiger partial charge in [-0.3, -0.25) is 0 Å². The quantitative estimate of drug-likeness (QED) is 0.705. The van der Waals surface area contributed by atoms with Gasteiger partial charge in [0, 0.05) is 0 Å². The molecule has 0 spiro atoms. The van der Waals surface area contributed by atoms with E-state index in [9.17, 15) is 17.6 Å². The summed E-state index contributed by atoms with van der Waals surface area (Å²) in [7, 11) is 0. The second-order valence-corrected chi connectivity index (χ2v) is 4.89. The summed E-state index contributed by atoms with van der Waals surface area (Å²) in [4.78, 5) is 0. The van der Waals surface area contributed by atoms with Crippen LogP contribution in [0.4, 0.5) is 17.6 Å². The molecular formula is C14H9BrF4O2. The van der Waals surface area contributed by atoms with Gasteiger partial charge in [0.15, 0.2) is 11.5 Å². The topological polar surface area (TPSA) is 18.5 Å². The van der Waals surface area contributed by atoms with Crippen molar-refractivity contribution in [3.63, 3.8) is 0 Å². The Labute approximate surface area is 126 Å². The zero-order chi connectivity index (χ0) is 15.5. The summed E-state index contributed by atoms with van der Waals surface area (Å²) in [5.74, 6) is -0.902. The fourth-order valence-electron chi connectivity index (χ4n) is 1.57. The molecular weight excluding hydrogens is 356 g/mol. The smallest absolute Gasteiger partial charge is 0.485 e. The fraction of sp³-hybridized carbons (Fsp3) is 0.143. The van der Waals surface area contributed by atoms with E-state index >= 15 is 0 Å². The van der Waals surface area contributed by atoms with Gasteiger partial charge in [0.05, 0.1) is 4.47 Å². The van der Waals surface area contributed by atoms with Gasteiger partial charge in [0.1, 0.15) is 12.4 Å². The van der Waals surface area contributed by atoms with Gasteiger partial charge in [-0.05, 0) is 45.8 Å². The molecule has 2 rings (SSSR count). The van der Waals surface area contributed by atoms with Crippen molar-refractivity contribution in [3.05, 3.63) is 58.3 Å². The van der Waals surface area contributed by atoms with Crippen LogP contribution in [0.5, 0.6) is 11.5 Å². The van der Waals surface area contributed by atoms with Gasteiger partial charge >= 0.3 is 6.36 Å². The maximum absolute atomic E-state index is 13.1. The monoisotopic (exact) mass is 364 g/mol. The third kappa shape index (κ3) is 4.63. The molecule has 112 valence electrons. The average Bonchev–Trinajstić information content (AvgIpc) is 2.40. The van der Waals surface area contributed by atoms with E-state index in [1.807, 2.05) is 0 Å². The number of para-hydroxylation sites is 2. The van der Waals surface area contributed by atoms with Gasteiger partial charge in [0.2, 0.25) is 0 Å². The van der Waals surface area contributed by atoms with Crippen LogP contribution in [0.3, 0.4) is 0 Å². The van der Waals surface area contributed by atoms with Crippen LogP contribution < -0.4 is 9.47 Å². The molecule has 0 aromatic heterocycles.